The lowest BCUT2D eigenvalue weighted by molar-refractivity contribution is 0.322. The molecule has 0 bridgehead atoms. The Kier molecular flexibility index (Phi) is 6.51. The minimum atomic E-state index is 0.534. The predicted molar refractivity (Wildman–Crippen MR) is 87.1 cm³/mol. The molecule has 0 aromatic rings. The van der Waals surface area contributed by atoms with Gasteiger partial charge in [0.25, 0.3) is 0 Å². The second-order valence-electron chi connectivity index (χ2n) is 6.61. The van der Waals surface area contributed by atoms with E-state index in [1.54, 1.807) is 0 Å². The van der Waals surface area contributed by atoms with E-state index in [4.69, 9.17) is 0 Å². The summed E-state index contributed by atoms with van der Waals surface area (Å²) in [7, 11) is 0. The van der Waals surface area contributed by atoms with E-state index in [1.165, 1.54) is 70.9 Å². The first kappa shape index (κ1) is 15.7. The van der Waals surface area contributed by atoms with Crippen LogP contribution in [0.3, 0.4) is 0 Å². The average molecular weight is 285 g/mol. The summed E-state index contributed by atoms with van der Waals surface area (Å²) in [5.41, 5.74) is 0. The second-order valence-corrected chi connectivity index (χ2v) is 7.89. The molecule has 2 unspecified atom stereocenters. The van der Waals surface area contributed by atoms with Gasteiger partial charge in [-0.3, -0.25) is 0 Å². The first-order valence-corrected chi connectivity index (χ1v) is 9.48. The first-order chi connectivity index (χ1) is 9.24. The normalized spacial score (nSPS) is 29.1. The monoisotopic (exact) mass is 284 g/mol. The van der Waals surface area contributed by atoms with Crippen molar-refractivity contribution in [1.82, 2.24) is 10.6 Å². The zero-order chi connectivity index (χ0) is 13.6. The summed E-state index contributed by atoms with van der Waals surface area (Å²) in [6.45, 7) is 4.81. The van der Waals surface area contributed by atoms with Gasteiger partial charge >= 0.3 is 0 Å². The Hall–Kier alpha value is 0.270. The van der Waals surface area contributed by atoms with Crippen LogP contribution in [0, 0.1) is 0 Å². The Labute approximate surface area is 123 Å². The van der Waals surface area contributed by atoms with Crippen molar-refractivity contribution in [3.05, 3.63) is 0 Å². The zero-order valence-electron chi connectivity index (χ0n) is 12.8. The summed E-state index contributed by atoms with van der Waals surface area (Å²) >= 11 is 2.10. The van der Waals surface area contributed by atoms with E-state index in [-0.39, 0.29) is 0 Å². The predicted octanol–water partition coefficient (Wildman–Crippen LogP) is 3.56. The van der Waals surface area contributed by atoms with Gasteiger partial charge in [-0.15, -0.1) is 0 Å². The molecular formula is C16H32N2S. The smallest absolute Gasteiger partial charge is 0.0281 e. The molecule has 2 N–H and O–H groups in total. The maximum atomic E-state index is 3.83. The van der Waals surface area contributed by atoms with Crippen molar-refractivity contribution in [3.63, 3.8) is 0 Å². The van der Waals surface area contributed by atoms with Gasteiger partial charge in [0.2, 0.25) is 0 Å². The number of thioether (sulfide) groups is 1. The van der Waals surface area contributed by atoms with Gasteiger partial charge < -0.3 is 10.6 Å². The number of hydrogen-bond donors (Lipinski definition) is 2. The van der Waals surface area contributed by atoms with Gasteiger partial charge in [-0.2, -0.15) is 11.8 Å². The van der Waals surface area contributed by atoms with E-state index in [9.17, 15) is 0 Å². The van der Waals surface area contributed by atoms with Crippen LogP contribution in [0.2, 0.25) is 0 Å². The highest BCUT2D eigenvalue weighted by molar-refractivity contribution is 8.00. The molecule has 1 saturated carbocycles. The zero-order valence-corrected chi connectivity index (χ0v) is 13.7. The molecule has 2 rings (SSSR count). The van der Waals surface area contributed by atoms with E-state index in [0.717, 1.165) is 6.04 Å². The summed E-state index contributed by atoms with van der Waals surface area (Å²) in [5.74, 6) is 0. The molecule has 2 atom stereocenters. The largest absolute Gasteiger partial charge is 0.314 e. The summed E-state index contributed by atoms with van der Waals surface area (Å²) in [5, 5.41) is 7.50. The van der Waals surface area contributed by atoms with Gasteiger partial charge in [0, 0.05) is 23.4 Å². The van der Waals surface area contributed by atoms with Gasteiger partial charge in [-0.25, -0.2) is 0 Å². The Morgan fingerprint density at radius 2 is 2.00 bits per heavy atom. The summed E-state index contributed by atoms with van der Waals surface area (Å²) in [4.78, 5) is 0. The molecule has 0 aromatic carbocycles. The van der Waals surface area contributed by atoms with Crippen molar-refractivity contribution in [2.75, 3.05) is 19.3 Å². The molecule has 2 fully saturated rings. The Balaban J connectivity index is 1.70. The number of nitrogens with one attached hydrogen (secondary N) is 2. The van der Waals surface area contributed by atoms with Gasteiger partial charge in [0.15, 0.2) is 0 Å². The lowest BCUT2D eigenvalue weighted by Gasteiger charge is -2.37. The topological polar surface area (TPSA) is 24.1 Å². The van der Waals surface area contributed by atoms with Crippen molar-refractivity contribution in [2.24, 2.45) is 0 Å². The molecule has 2 nitrogen and oxygen atoms in total. The molecule has 112 valence electrons. The van der Waals surface area contributed by atoms with E-state index in [1.807, 2.05) is 0 Å². The molecule has 1 heterocycles. The quantitative estimate of drug-likeness (QED) is 0.780. The van der Waals surface area contributed by atoms with Crippen LogP contribution in [0.1, 0.15) is 64.7 Å². The van der Waals surface area contributed by atoms with Crippen LogP contribution in [0.4, 0.5) is 0 Å². The SMILES string of the molecule is CSC1(CNC(C)CC2CCCCN2)CCCCC1. The van der Waals surface area contributed by atoms with Gasteiger partial charge in [0.1, 0.15) is 0 Å². The number of hydrogen-bond acceptors (Lipinski definition) is 3. The lowest BCUT2D eigenvalue weighted by Crippen LogP contribution is -2.45. The summed E-state index contributed by atoms with van der Waals surface area (Å²) < 4.78 is 0.534. The van der Waals surface area contributed by atoms with E-state index < -0.39 is 0 Å². The van der Waals surface area contributed by atoms with Crippen molar-refractivity contribution < 1.29 is 0 Å². The fourth-order valence-corrected chi connectivity index (χ4v) is 4.57. The molecule has 1 aliphatic carbocycles. The lowest BCUT2D eigenvalue weighted by atomic mass is 9.88. The summed E-state index contributed by atoms with van der Waals surface area (Å²) in [6.07, 6.45) is 14.9. The maximum absolute atomic E-state index is 3.83. The Morgan fingerprint density at radius 1 is 1.21 bits per heavy atom. The highest BCUT2D eigenvalue weighted by Crippen LogP contribution is 2.38. The fourth-order valence-electron chi connectivity index (χ4n) is 3.64. The molecule has 0 radical (unpaired) electrons. The van der Waals surface area contributed by atoms with Crippen LogP contribution in [-0.2, 0) is 0 Å². The van der Waals surface area contributed by atoms with E-state index >= 15 is 0 Å². The molecule has 3 heteroatoms. The summed E-state index contributed by atoms with van der Waals surface area (Å²) in [6, 6.07) is 1.41. The molecule has 2 aliphatic rings. The van der Waals surface area contributed by atoms with Crippen LogP contribution < -0.4 is 10.6 Å². The molecule has 19 heavy (non-hydrogen) atoms. The Morgan fingerprint density at radius 3 is 2.63 bits per heavy atom. The van der Waals surface area contributed by atoms with Gasteiger partial charge in [0.05, 0.1) is 0 Å². The molecule has 0 amide bonds. The van der Waals surface area contributed by atoms with Crippen LogP contribution in [0.25, 0.3) is 0 Å². The third kappa shape index (κ3) is 4.95. The van der Waals surface area contributed by atoms with Crippen LogP contribution in [-0.4, -0.2) is 36.2 Å². The number of rotatable bonds is 6. The van der Waals surface area contributed by atoms with Gasteiger partial charge in [-0.05, 0) is 51.8 Å². The molecular weight excluding hydrogens is 252 g/mol. The van der Waals surface area contributed by atoms with Crippen molar-refractivity contribution in [2.45, 2.75) is 81.5 Å². The fraction of sp³-hybridized carbons (Fsp3) is 1.00. The second kappa shape index (κ2) is 7.90. The van der Waals surface area contributed by atoms with Crippen molar-refractivity contribution in [1.29, 1.82) is 0 Å². The highest BCUT2D eigenvalue weighted by Gasteiger charge is 2.31. The minimum absolute atomic E-state index is 0.534. The third-order valence-corrected chi connectivity index (χ3v) is 6.44. The van der Waals surface area contributed by atoms with Gasteiger partial charge in [-0.1, -0.05) is 25.7 Å². The first-order valence-electron chi connectivity index (χ1n) is 8.26. The third-order valence-electron chi connectivity index (χ3n) is 5.02. The molecule has 0 aromatic heterocycles. The van der Waals surface area contributed by atoms with Crippen LogP contribution >= 0.6 is 11.8 Å². The molecule has 0 spiro atoms. The Bertz CT molecular complexity index is 245. The van der Waals surface area contributed by atoms with Crippen molar-refractivity contribution in [3.8, 4) is 0 Å². The maximum Gasteiger partial charge on any atom is 0.0281 e. The number of piperidine rings is 1. The van der Waals surface area contributed by atoms with Crippen LogP contribution in [0.15, 0.2) is 0 Å². The minimum Gasteiger partial charge on any atom is -0.314 e. The van der Waals surface area contributed by atoms with Crippen molar-refractivity contribution >= 4 is 11.8 Å². The van der Waals surface area contributed by atoms with E-state index in [0.29, 0.717) is 10.8 Å². The average Bonchev–Trinajstić information content (AvgIpc) is 2.47. The van der Waals surface area contributed by atoms with E-state index in [2.05, 4.69) is 35.6 Å². The molecule has 1 aliphatic heterocycles. The van der Waals surface area contributed by atoms with Crippen LogP contribution in [0.5, 0.6) is 0 Å². The highest BCUT2D eigenvalue weighted by atomic mass is 32.2. The standard InChI is InChI=1S/C16H32N2S/c1-14(12-15-8-4-7-11-17-15)18-13-16(19-2)9-5-3-6-10-16/h14-15,17-18H,3-13H2,1-2H3. The molecule has 1 saturated heterocycles.